The van der Waals surface area contributed by atoms with Crippen molar-refractivity contribution in [1.29, 1.82) is 0 Å². The number of carbonyl (C=O) groups is 2. The summed E-state index contributed by atoms with van der Waals surface area (Å²) in [4.78, 5) is 31.2. The monoisotopic (exact) mass is 480 g/mol. The molecule has 0 bridgehead atoms. The van der Waals surface area contributed by atoms with Crippen LogP contribution in [0.3, 0.4) is 0 Å². The van der Waals surface area contributed by atoms with E-state index in [0.29, 0.717) is 12.8 Å². The van der Waals surface area contributed by atoms with Crippen molar-refractivity contribution in [3.8, 4) is 22.3 Å². The van der Waals surface area contributed by atoms with Gasteiger partial charge in [-0.05, 0) is 117 Å². The molecule has 0 atom stereocenters. The maximum absolute atomic E-state index is 13.2. The van der Waals surface area contributed by atoms with Crippen LogP contribution in [0.1, 0.15) is 72.1 Å². The van der Waals surface area contributed by atoms with Crippen molar-refractivity contribution in [2.75, 3.05) is 39.3 Å². The Bertz CT molecular complexity index is 1300. The van der Waals surface area contributed by atoms with E-state index in [1.165, 1.54) is 63.0 Å². The van der Waals surface area contributed by atoms with Crippen LogP contribution in [0, 0.1) is 0 Å². The molecule has 0 N–H and O–H groups in total. The minimum Gasteiger partial charge on any atom is -0.303 e. The summed E-state index contributed by atoms with van der Waals surface area (Å²) in [7, 11) is 0. The van der Waals surface area contributed by atoms with Crippen LogP contribution in [0.2, 0.25) is 0 Å². The molecule has 2 aliphatic heterocycles. The third-order valence-corrected chi connectivity index (χ3v) is 8.42. The first kappa shape index (κ1) is 23.6. The topological polar surface area (TPSA) is 40.6 Å². The summed E-state index contributed by atoms with van der Waals surface area (Å²) in [6, 6.07) is 16.6. The predicted octanol–water partition coefficient (Wildman–Crippen LogP) is 6.60. The number of hydrogen-bond donors (Lipinski definition) is 0. The van der Waals surface area contributed by atoms with Gasteiger partial charge in [0.25, 0.3) is 0 Å². The first-order valence-electron chi connectivity index (χ1n) is 13.9. The lowest BCUT2D eigenvalue weighted by Crippen LogP contribution is -2.21. The molecule has 1 aliphatic carbocycles. The molecule has 0 radical (unpaired) electrons. The van der Waals surface area contributed by atoms with E-state index < -0.39 is 0 Å². The van der Waals surface area contributed by atoms with E-state index in [1.54, 1.807) is 0 Å². The average molecular weight is 481 g/mol. The highest BCUT2D eigenvalue weighted by molar-refractivity contribution is 6.21. The van der Waals surface area contributed by atoms with Crippen molar-refractivity contribution in [2.24, 2.45) is 0 Å². The van der Waals surface area contributed by atoms with Crippen LogP contribution in [-0.2, 0) is 0 Å². The van der Waals surface area contributed by atoms with Crippen molar-refractivity contribution in [3.05, 3.63) is 59.7 Å². The number of ketones is 2. The summed E-state index contributed by atoms with van der Waals surface area (Å²) in [5, 5.41) is 2.21. The van der Waals surface area contributed by atoms with E-state index in [2.05, 4.69) is 46.2 Å². The molecule has 6 rings (SSSR count). The second-order valence-electron chi connectivity index (χ2n) is 10.8. The number of rotatable bonds is 10. The van der Waals surface area contributed by atoms with Crippen LogP contribution in [-0.4, -0.2) is 60.6 Å². The molecule has 0 amide bonds. The standard InChI is InChI=1S/C32H36N2O2/c35-30(10-6-20-33-16-1-2-17-33)23-12-13-24-26-8-5-9-27-25(14-15-28(32(26)27)29(24)22-23)31(36)11-7-21-34-18-3-4-19-34/h5,8-9,12-15,22H,1-4,6-7,10-11,16-21H2. The van der Waals surface area contributed by atoms with Gasteiger partial charge in [0.1, 0.15) is 0 Å². The average Bonchev–Trinajstić information content (AvgIpc) is 3.67. The lowest BCUT2D eigenvalue weighted by Gasteiger charge is -2.14. The molecule has 0 spiro atoms. The minimum atomic E-state index is 0.231. The smallest absolute Gasteiger partial charge is 0.163 e. The molecule has 4 heteroatoms. The number of fused-ring (bicyclic) bond motifs is 3. The van der Waals surface area contributed by atoms with Crippen LogP contribution in [0.5, 0.6) is 0 Å². The molecule has 2 heterocycles. The van der Waals surface area contributed by atoms with Gasteiger partial charge in [0, 0.05) is 24.0 Å². The van der Waals surface area contributed by atoms with Gasteiger partial charge in [-0.1, -0.05) is 42.5 Å². The molecule has 3 aromatic carbocycles. The highest BCUT2D eigenvalue weighted by atomic mass is 16.1. The number of hydrogen-bond acceptors (Lipinski definition) is 4. The van der Waals surface area contributed by atoms with E-state index in [9.17, 15) is 9.59 Å². The molecule has 0 saturated carbocycles. The quantitative estimate of drug-likeness (QED) is 0.240. The van der Waals surface area contributed by atoms with Crippen LogP contribution in [0.4, 0.5) is 0 Å². The molecule has 4 nitrogen and oxygen atoms in total. The van der Waals surface area contributed by atoms with Gasteiger partial charge in [-0.2, -0.15) is 0 Å². The molecule has 186 valence electrons. The highest BCUT2D eigenvalue weighted by Gasteiger charge is 2.25. The SMILES string of the molecule is O=C(CCCN1CCCC1)c1ccc2c(c1)-c1ccc(C(=O)CCCN3CCCC3)c3cccc-2c13. The first-order valence-corrected chi connectivity index (χ1v) is 13.9. The maximum atomic E-state index is 13.2. The van der Waals surface area contributed by atoms with Crippen molar-refractivity contribution < 1.29 is 9.59 Å². The number of carbonyl (C=O) groups excluding carboxylic acids is 2. The van der Waals surface area contributed by atoms with E-state index in [4.69, 9.17) is 0 Å². The zero-order chi connectivity index (χ0) is 24.5. The molecular formula is C32H36N2O2. The van der Waals surface area contributed by atoms with Gasteiger partial charge in [-0.25, -0.2) is 0 Å². The number of nitrogens with zero attached hydrogens (tertiary/aromatic N) is 2. The first-order chi connectivity index (χ1) is 17.7. The van der Waals surface area contributed by atoms with Gasteiger partial charge >= 0.3 is 0 Å². The Hall–Kier alpha value is -2.82. The summed E-state index contributed by atoms with van der Waals surface area (Å²) in [6.07, 6.45) is 8.19. The Kier molecular flexibility index (Phi) is 6.73. The van der Waals surface area contributed by atoms with Gasteiger partial charge in [0.05, 0.1) is 0 Å². The lowest BCUT2D eigenvalue weighted by molar-refractivity contribution is 0.0969. The molecular weight excluding hydrogens is 444 g/mol. The third-order valence-electron chi connectivity index (χ3n) is 8.42. The van der Waals surface area contributed by atoms with E-state index in [1.807, 2.05) is 12.1 Å². The third kappa shape index (κ3) is 4.53. The van der Waals surface area contributed by atoms with Crippen LogP contribution >= 0.6 is 0 Å². The normalized spacial score (nSPS) is 17.2. The molecule has 0 unspecified atom stereocenters. The zero-order valence-corrected chi connectivity index (χ0v) is 21.2. The van der Waals surface area contributed by atoms with Gasteiger partial charge in [-0.15, -0.1) is 0 Å². The summed E-state index contributed by atoms with van der Waals surface area (Å²) in [5.74, 6) is 0.469. The maximum Gasteiger partial charge on any atom is 0.163 e. The van der Waals surface area contributed by atoms with E-state index in [-0.39, 0.29) is 11.6 Å². The van der Waals surface area contributed by atoms with Gasteiger partial charge in [0.2, 0.25) is 0 Å². The van der Waals surface area contributed by atoms with Crippen molar-refractivity contribution >= 4 is 22.3 Å². The van der Waals surface area contributed by atoms with Gasteiger partial charge in [0.15, 0.2) is 11.6 Å². The molecule has 0 aromatic heterocycles. The fraction of sp³-hybridized carbons (Fsp3) is 0.438. The largest absolute Gasteiger partial charge is 0.303 e. The fourth-order valence-corrected chi connectivity index (χ4v) is 6.49. The van der Waals surface area contributed by atoms with Crippen LogP contribution < -0.4 is 0 Å². The molecule has 2 fully saturated rings. The summed E-state index contributed by atoms with van der Waals surface area (Å²) in [5.41, 5.74) is 6.26. The summed E-state index contributed by atoms with van der Waals surface area (Å²) < 4.78 is 0. The Balaban J connectivity index is 1.20. The van der Waals surface area contributed by atoms with E-state index in [0.717, 1.165) is 59.0 Å². The molecule has 2 saturated heterocycles. The van der Waals surface area contributed by atoms with Crippen molar-refractivity contribution in [1.82, 2.24) is 9.80 Å². The Labute approximate surface area is 214 Å². The molecule has 3 aromatic rings. The number of benzene rings is 3. The number of likely N-dealkylation sites (tertiary alicyclic amines) is 2. The Morgan fingerprint density at radius 2 is 1.25 bits per heavy atom. The van der Waals surface area contributed by atoms with Gasteiger partial charge in [-0.3, -0.25) is 9.59 Å². The highest BCUT2D eigenvalue weighted by Crippen LogP contribution is 2.48. The minimum absolute atomic E-state index is 0.231. The Morgan fingerprint density at radius 1 is 0.639 bits per heavy atom. The lowest BCUT2D eigenvalue weighted by atomic mass is 9.94. The van der Waals surface area contributed by atoms with Gasteiger partial charge < -0.3 is 9.80 Å². The van der Waals surface area contributed by atoms with E-state index >= 15 is 0 Å². The van der Waals surface area contributed by atoms with Crippen LogP contribution in [0.25, 0.3) is 33.0 Å². The fourth-order valence-electron chi connectivity index (χ4n) is 6.49. The zero-order valence-electron chi connectivity index (χ0n) is 21.2. The molecule has 36 heavy (non-hydrogen) atoms. The Morgan fingerprint density at radius 3 is 1.94 bits per heavy atom. The predicted molar refractivity (Wildman–Crippen MR) is 147 cm³/mol. The second-order valence-corrected chi connectivity index (χ2v) is 10.8. The molecule has 3 aliphatic rings. The van der Waals surface area contributed by atoms with Crippen LogP contribution in [0.15, 0.2) is 48.5 Å². The van der Waals surface area contributed by atoms with Crippen molar-refractivity contribution in [2.45, 2.75) is 51.4 Å². The van der Waals surface area contributed by atoms with Crippen molar-refractivity contribution in [3.63, 3.8) is 0 Å². The summed E-state index contributed by atoms with van der Waals surface area (Å²) in [6.45, 7) is 6.76. The second kappa shape index (κ2) is 10.3. The summed E-state index contributed by atoms with van der Waals surface area (Å²) >= 11 is 0. The number of Topliss-reactive ketones (excluding diaryl/α,β-unsaturated/α-hetero) is 2.